The zero-order chi connectivity index (χ0) is 15.3. The van der Waals surface area contributed by atoms with Crippen molar-refractivity contribution in [3.8, 4) is 0 Å². The first-order valence-electron chi connectivity index (χ1n) is 7.17. The minimum Gasteiger partial charge on any atom is -0.480 e. The average Bonchev–Trinajstić information content (AvgIpc) is 2.34. The first-order chi connectivity index (χ1) is 9.23. The quantitative estimate of drug-likeness (QED) is 0.822. The molecule has 0 aromatic rings. The van der Waals surface area contributed by atoms with Gasteiger partial charge >= 0.3 is 12.1 Å². The maximum atomic E-state index is 11.7. The molecule has 1 heterocycles. The van der Waals surface area contributed by atoms with Crippen molar-refractivity contribution in [1.29, 1.82) is 0 Å². The van der Waals surface area contributed by atoms with Crippen LogP contribution in [0.5, 0.6) is 0 Å². The van der Waals surface area contributed by atoms with Gasteiger partial charge < -0.3 is 20.1 Å². The summed E-state index contributed by atoms with van der Waals surface area (Å²) in [7, 11) is 0. The van der Waals surface area contributed by atoms with Crippen LogP contribution in [0.15, 0.2) is 0 Å². The number of carbonyl (C=O) groups excluding carboxylic acids is 1. The molecule has 1 unspecified atom stereocenters. The Morgan fingerprint density at radius 1 is 1.35 bits per heavy atom. The highest BCUT2D eigenvalue weighted by atomic mass is 16.6. The summed E-state index contributed by atoms with van der Waals surface area (Å²) in [5, 5.41) is 11.8. The van der Waals surface area contributed by atoms with Gasteiger partial charge in [-0.25, -0.2) is 9.59 Å². The summed E-state index contributed by atoms with van der Waals surface area (Å²) in [5.74, 6) is -1.03. The van der Waals surface area contributed by atoms with E-state index in [4.69, 9.17) is 4.74 Å². The van der Waals surface area contributed by atoms with Gasteiger partial charge in [0, 0.05) is 0 Å². The van der Waals surface area contributed by atoms with E-state index in [0.717, 1.165) is 32.5 Å². The molecule has 1 fully saturated rings. The average molecular weight is 286 g/mol. The van der Waals surface area contributed by atoms with Crippen molar-refractivity contribution >= 4 is 12.1 Å². The zero-order valence-corrected chi connectivity index (χ0v) is 12.8. The number of hydrogen-bond donors (Lipinski definition) is 2. The maximum absolute atomic E-state index is 11.7. The highest BCUT2D eigenvalue weighted by Crippen LogP contribution is 2.21. The van der Waals surface area contributed by atoms with Crippen LogP contribution in [0.25, 0.3) is 0 Å². The minimum atomic E-state index is -0.995. The van der Waals surface area contributed by atoms with Crippen LogP contribution < -0.4 is 5.32 Å². The van der Waals surface area contributed by atoms with Crippen LogP contribution in [-0.4, -0.2) is 53.3 Å². The molecule has 0 spiro atoms. The third kappa shape index (κ3) is 5.36. The Morgan fingerprint density at radius 3 is 2.30 bits per heavy atom. The normalized spacial score (nSPS) is 19.4. The van der Waals surface area contributed by atoms with Crippen molar-refractivity contribution in [2.45, 2.75) is 52.2 Å². The highest BCUT2D eigenvalue weighted by Gasteiger charge is 2.33. The SMILES string of the molecule is CCN1CCC(C(NC(=O)OC(C)(C)C)C(=O)O)CC1. The summed E-state index contributed by atoms with van der Waals surface area (Å²) in [5.41, 5.74) is -0.626. The van der Waals surface area contributed by atoms with Gasteiger partial charge in [-0.15, -0.1) is 0 Å². The predicted molar refractivity (Wildman–Crippen MR) is 75.6 cm³/mol. The van der Waals surface area contributed by atoms with Crippen molar-refractivity contribution in [2.75, 3.05) is 19.6 Å². The molecule has 2 N–H and O–H groups in total. The molecule has 1 atom stereocenters. The van der Waals surface area contributed by atoms with Gasteiger partial charge in [0.1, 0.15) is 11.6 Å². The number of carboxylic acids is 1. The Hall–Kier alpha value is -1.30. The number of piperidine rings is 1. The van der Waals surface area contributed by atoms with E-state index in [1.165, 1.54) is 0 Å². The van der Waals surface area contributed by atoms with Gasteiger partial charge in [0.15, 0.2) is 0 Å². The first-order valence-corrected chi connectivity index (χ1v) is 7.17. The third-order valence-electron chi connectivity index (χ3n) is 3.49. The molecule has 6 nitrogen and oxygen atoms in total. The molecule has 20 heavy (non-hydrogen) atoms. The van der Waals surface area contributed by atoms with Gasteiger partial charge in [-0.2, -0.15) is 0 Å². The molecule has 1 amide bonds. The molecule has 0 bridgehead atoms. The zero-order valence-electron chi connectivity index (χ0n) is 12.8. The number of carbonyl (C=O) groups is 2. The van der Waals surface area contributed by atoms with Crippen molar-refractivity contribution < 1.29 is 19.4 Å². The maximum Gasteiger partial charge on any atom is 0.408 e. The summed E-state index contributed by atoms with van der Waals surface area (Å²) in [6.45, 7) is 10.1. The number of nitrogens with zero attached hydrogens (tertiary/aromatic N) is 1. The van der Waals surface area contributed by atoms with Crippen LogP contribution in [0.4, 0.5) is 4.79 Å². The lowest BCUT2D eigenvalue weighted by molar-refractivity contribution is -0.141. The van der Waals surface area contributed by atoms with Gasteiger partial charge in [-0.05, 0) is 59.2 Å². The number of rotatable bonds is 4. The summed E-state index contributed by atoms with van der Waals surface area (Å²) in [6.07, 6.45) is 0.893. The Balaban J connectivity index is 2.57. The molecule has 1 rings (SSSR count). The second kappa shape index (κ2) is 6.92. The molecule has 0 saturated carbocycles. The second-order valence-corrected chi connectivity index (χ2v) is 6.23. The van der Waals surface area contributed by atoms with Gasteiger partial charge in [0.25, 0.3) is 0 Å². The monoisotopic (exact) mass is 286 g/mol. The lowest BCUT2D eigenvalue weighted by atomic mass is 9.89. The number of amides is 1. The van der Waals surface area contributed by atoms with Gasteiger partial charge in [-0.1, -0.05) is 6.92 Å². The van der Waals surface area contributed by atoms with Crippen LogP contribution in [0.3, 0.4) is 0 Å². The van der Waals surface area contributed by atoms with Crippen LogP contribution in [0.2, 0.25) is 0 Å². The van der Waals surface area contributed by atoms with E-state index in [9.17, 15) is 14.7 Å². The standard InChI is InChI=1S/C14H26N2O4/c1-5-16-8-6-10(7-9-16)11(12(17)18)15-13(19)20-14(2,3)4/h10-11H,5-9H2,1-4H3,(H,15,19)(H,17,18). The fourth-order valence-electron chi connectivity index (χ4n) is 2.42. The van der Waals surface area contributed by atoms with Crippen LogP contribution >= 0.6 is 0 Å². The van der Waals surface area contributed by atoms with E-state index in [1.54, 1.807) is 20.8 Å². The number of aliphatic carboxylic acids is 1. The largest absolute Gasteiger partial charge is 0.480 e. The molecule has 1 aliphatic heterocycles. The van der Waals surface area contributed by atoms with Gasteiger partial charge in [0.2, 0.25) is 0 Å². The highest BCUT2D eigenvalue weighted by molar-refractivity contribution is 5.80. The molecule has 0 radical (unpaired) electrons. The summed E-state index contributed by atoms with van der Waals surface area (Å²) in [6, 6.07) is -0.871. The molecule has 0 aromatic carbocycles. The lowest BCUT2D eigenvalue weighted by Crippen LogP contribution is -2.50. The van der Waals surface area contributed by atoms with Crippen LogP contribution in [-0.2, 0) is 9.53 Å². The topological polar surface area (TPSA) is 78.9 Å². The van der Waals surface area contributed by atoms with E-state index < -0.39 is 23.7 Å². The summed E-state index contributed by atoms with van der Waals surface area (Å²) in [4.78, 5) is 25.4. The molecular formula is C14H26N2O4. The van der Waals surface area contributed by atoms with E-state index in [1.807, 2.05) is 0 Å². The number of hydrogen-bond acceptors (Lipinski definition) is 4. The third-order valence-corrected chi connectivity index (χ3v) is 3.49. The number of alkyl carbamates (subject to hydrolysis) is 1. The molecule has 116 valence electrons. The molecule has 1 aliphatic rings. The number of carboxylic acid groups (broad SMARTS) is 1. The smallest absolute Gasteiger partial charge is 0.408 e. The van der Waals surface area contributed by atoms with Crippen molar-refractivity contribution in [2.24, 2.45) is 5.92 Å². The van der Waals surface area contributed by atoms with E-state index in [0.29, 0.717) is 0 Å². The first kappa shape index (κ1) is 16.8. The van der Waals surface area contributed by atoms with Crippen molar-refractivity contribution in [3.63, 3.8) is 0 Å². The van der Waals surface area contributed by atoms with Crippen molar-refractivity contribution in [3.05, 3.63) is 0 Å². The molecule has 0 aromatic heterocycles. The van der Waals surface area contributed by atoms with E-state index >= 15 is 0 Å². The fourth-order valence-corrected chi connectivity index (χ4v) is 2.42. The number of nitrogens with one attached hydrogen (secondary N) is 1. The minimum absolute atomic E-state index is 0.0391. The summed E-state index contributed by atoms with van der Waals surface area (Å²) >= 11 is 0. The Kier molecular flexibility index (Phi) is 5.80. The molecule has 6 heteroatoms. The van der Waals surface area contributed by atoms with Gasteiger partial charge in [-0.3, -0.25) is 0 Å². The predicted octanol–water partition coefficient (Wildman–Crippen LogP) is 1.70. The molecule has 1 saturated heterocycles. The molecule has 0 aliphatic carbocycles. The van der Waals surface area contributed by atoms with Gasteiger partial charge in [0.05, 0.1) is 0 Å². The van der Waals surface area contributed by atoms with Crippen molar-refractivity contribution in [1.82, 2.24) is 10.2 Å². The Morgan fingerprint density at radius 2 is 1.90 bits per heavy atom. The Bertz CT molecular complexity index is 344. The lowest BCUT2D eigenvalue weighted by Gasteiger charge is -2.34. The van der Waals surface area contributed by atoms with Crippen LogP contribution in [0.1, 0.15) is 40.5 Å². The Labute approximate surface area is 120 Å². The summed E-state index contributed by atoms with van der Waals surface area (Å²) < 4.78 is 5.13. The molecular weight excluding hydrogens is 260 g/mol. The van der Waals surface area contributed by atoms with E-state index in [-0.39, 0.29) is 5.92 Å². The second-order valence-electron chi connectivity index (χ2n) is 6.23. The van der Waals surface area contributed by atoms with E-state index in [2.05, 4.69) is 17.1 Å². The number of likely N-dealkylation sites (tertiary alicyclic amines) is 1. The fraction of sp³-hybridized carbons (Fsp3) is 0.857. The van der Waals surface area contributed by atoms with Crippen LogP contribution in [0, 0.1) is 5.92 Å². The number of ether oxygens (including phenoxy) is 1.